The van der Waals surface area contributed by atoms with E-state index in [1.165, 1.54) is 18.2 Å². The maximum Gasteiger partial charge on any atom is 0.251 e. The van der Waals surface area contributed by atoms with Gasteiger partial charge in [0, 0.05) is 28.5 Å². The topological polar surface area (TPSA) is 89.5 Å². The van der Waals surface area contributed by atoms with E-state index in [1.807, 2.05) is 42.5 Å². The zero-order chi connectivity index (χ0) is 22.5. The van der Waals surface area contributed by atoms with Crippen molar-refractivity contribution in [3.8, 4) is 22.8 Å². The number of hydrogen-bond donors (Lipinski definition) is 3. The fourth-order valence-electron chi connectivity index (χ4n) is 3.25. The average molecular weight is 482 g/mol. The molecule has 0 aliphatic carbocycles. The lowest BCUT2D eigenvalue weighted by atomic mass is 10.1. The third kappa shape index (κ3) is 5.94. The van der Waals surface area contributed by atoms with Crippen LogP contribution in [-0.4, -0.2) is 26.1 Å². The van der Waals surface area contributed by atoms with Crippen LogP contribution < -0.4 is 4.90 Å². The first-order chi connectivity index (χ1) is 15.5. The molecule has 1 heterocycles. The molecule has 3 N–H and O–H groups in total. The zero-order valence-corrected chi connectivity index (χ0v) is 18.9. The van der Waals surface area contributed by atoms with E-state index in [0.717, 1.165) is 16.8 Å². The summed E-state index contributed by atoms with van der Waals surface area (Å²) in [4.78, 5) is 22.0. The first kappa shape index (κ1) is 23.9. The van der Waals surface area contributed by atoms with Gasteiger partial charge in [0.05, 0.1) is 18.6 Å². The minimum absolute atomic E-state index is 0. The summed E-state index contributed by atoms with van der Waals surface area (Å²) < 4.78 is 0. The number of rotatable bonds is 6. The van der Waals surface area contributed by atoms with Crippen molar-refractivity contribution in [2.24, 2.45) is 0 Å². The minimum atomic E-state index is -0.246. The highest BCUT2D eigenvalue weighted by molar-refractivity contribution is 6.30. The van der Waals surface area contributed by atoms with Crippen LogP contribution in [0.3, 0.4) is 0 Å². The van der Waals surface area contributed by atoms with Crippen LogP contribution in [-0.2, 0) is 11.3 Å². The number of halogens is 2. The molecular formula is C25H21Cl2N3O3. The van der Waals surface area contributed by atoms with E-state index in [-0.39, 0.29) is 29.8 Å². The van der Waals surface area contributed by atoms with E-state index in [9.17, 15) is 15.0 Å². The number of carbonyl (C=O) groups is 1. The van der Waals surface area contributed by atoms with Crippen molar-refractivity contribution in [1.82, 2.24) is 9.97 Å². The number of aromatic hydroxyl groups is 2. The summed E-state index contributed by atoms with van der Waals surface area (Å²) >= 11 is 6.13. The molecule has 0 atom stereocenters. The summed E-state index contributed by atoms with van der Waals surface area (Å²) in [7, 11) is 0. The van der Waals surface area contributed by atoms with Crippen molar-refractivity contribution in [1.29, 1.82) is 0 Å². The lowest BCUT2D eigenvalue weighted by molar-refractivity contribution is -0.114. The fourth-order valence-corrected chi connectivity index (χ4v) is 3.46. The first-order valence-electron chi connectivity index (χ1n) is 9.85. The third-order valence-corrected chi connectivity index (χ3v) is 5.12. The number of benzene rings is 3. The fraction of sp³-hybridized carbons (Fsp3) is 0.0400. The van der Waals surface area contributed by atoms with Crippen LogP contribution in [0, 0.1) is 0 Å². The van der Waals surface area contributed by atoms with Gasteiger partial charge in [-0.1, -0.05) is 41.9 Å². The van der Waals surface area contributed by atoms with E-state index in [4.69, 9.17) is 11.6 Å². The van der Waals surface area contributed by atoms with Crippen molar-refractivity contribution < 1.29 is 15.0 Å². The molecule has 0 spiro atoms. The van der Waals surface area contributed by atoms with Crippen molar-refractivity contribution in [2.45, 2.75) is 6.54 Å². The Morgan fingerprint density at radius 1 is 1.03 bits per heavy atom. The van der Waals surface area contributed by atoms with Gasteiger partial charge in [-0.25, -0.2) is 4.98 Å². The lowest BCUT2D eigenvalue weighted by Crippen LogP contribution is -2.28. The van der Waals surface area contributed by atoms with Gasteiger partial charge in [-0.05, 0) is 53.6 Å². The quantitative estimate of drug-likeness (QED) is 0.239. The molecule has 4 aromatic rings. The highest BCUT2D eigenvalue weighted by Gasteiger charge is 2.15. The Morgan fingerprint density at radius 3 is 2.48 bits per heavy atom. The van der Waals surface area contributed by atoms with Crippen LogP contribution in [0.4, 0.5) is 5.69 Å². The molecule has 0 saturated heterocycles. The van der Waals surface area contributed by atoms with Gasteiger partial charge in [-0.3, -0.25) is 4.79 Å². The third-order valence-electron chi connectivity index (χ3n) is 4.89. The van der Waals surface area contributed by atoms with E-state index in [0.29, 0.717) is 22.8 Å². The van der Waals surface area contributed by atoms with E-state index in [1.54, 1.807) is 35.6 Å². The van der Waals surface area contributed by atoms with Gasteiger partial charge >= 0.3 is 0 Å². The molecule has 3 aromatic carbocycles. The summed E-state index contributed by atoms with van der Waals surface area (Å²) in [6, 6.07) is 19.3. The Balaban J connectivity index is 0.00000306. The summed E-state index contributed by atoms with van der Waals surface area (Å²) in [5.41, 5.74) is 3.94. The van der Waals surface area contributed by atoms with Crippen LogP contribution in [0.5, 0.6) is 11.5 Å². The smallest absolute Gasteiger partial charge is 0.251 e. The maximum absolute atomic E-state index is 13.1. The normalized spacial score (nSPS) is 10.7. The molecule has 168 valence electrons. The molecule has 0 fully saturated rings. The largest absolute Gasteiger partial charge is 0.504 e. The Labute approximate surface area is 202 Å². The van der Waals surface area contributed by atoms with E-state index < -0.39 is 0 Å². The van der Waals surface area contributed by atoms with Gasteiger partial charge in [0.2, 0.25) is 0 Å². The van der Waals surface area contributed by atoms with E-state index in [2.05, 4.69) is 9.97 Å². The number of anilines is 1. The summed E-state index contributed by atoms with van der Waals surface area (Å²) in [5.74, 6) is -0.706. The van der Waals surface area contributed by atoms with Gasteiger partial charge in [-0.15, -0.1) is 12.4 Å². The molecule has 0 unspecified atom stereocenters. The number of phenols is 2. The van der Waals surface area contributed by atoms with Crippen molar-refractivity contribution >= 4 is 41.7 Å². The van der Waals surface area contributed by atoms with Crippen molar-refractivity contribution in [3.63, 3.8) is 0 Å². The number of amides is 1. The maximum atomic E-state index is 13.1. The zero-order valence-electron chi connectivity index (χ0n) is 17.4. The lowest BCUT2D eigenvalue weighted by Gasteiger charge is -2.22. The summed E-state index contributed by atoms with van der Waals surface area (Å²) in [6.45, 7) is 0.326. The van der Waals surface area contributed by atoms with Gasteiger partial charge in [0.25, 0.3) is 5.91 Å². The standard InChI is InChI=1S/C25H20ClN3O3.ClH/c26-20-3-1-2-18(12-20)15-29(21-8-6-19(7-9-21)22-14-27-16-28-22)25(32)11-5-17-4-10-23(30)24(31)13-17;/h1-14,16,30-31H,15H2,(H,27,28);1H/b11-5+;. The van der Waals surface area contributed by atoms with Crippen molar-refractivity contribution in [2.75, 3.05) is 4.90 Å². The van der Waals surface area contributed by atoms with Gasteiger partial charge < -0.3 is 20.1 Å². The van der Waals surface area contributed by atoms with Crippen LogP contribution in [0.25, 0.3) is 17.3 Å². The molecule has 33 heavy (non-hydrogen) atoms. The molecule has 0 bridgehead atoms. The highest BCUT2D eigenvalue weighted by atomic mass is 35.5. The molecule has 8 heteroatoms. The second-order valence-electron chi connectivity index (χ2n) is 7.14. The number of phenolic OH excluding ortho intramolecular Hbond substituents is 2. The molecule has 6 nitrogen and oxygen atoms in total. The second kappa shape index (κ2) is 10.7. The molecule has 0 aliphatic heterocycles. The predicted octanol–water partition coefficient (Wildman–Crippen LogP) is 5.81. The number of nitrogens with zero attached hydrogens (tertiary/aromatic N) is 2. The molecule has 4 rings (SSSR count). The Hall–Kier alpha value is -3.74. The molecule has 1 amide bonds. The molecular weight excluding hydrogens is 461 g/mol. The van der Waals surface area contributed by atoms with E-state index >= 15 is 0 Å². The average Bonchev–Trinajstić information content (AvgIpc) is 3.33. The number of carbonyl (C=O) groups excluding carboxylic acids is 1. The number of imidazole rings is 1. The summed E-state index contributed by atoms with van der Waals surface area (Å²) in [6.07, 6.45) is 6.44. The number of aromatic amines is 1. The van der Waals surface area contributed by atoms with Crippen LogP contribution in [0.2, 0.25) is 5.02 Å². The van der Waals surface area contributed by atoms with Gasteiger partial charge in [0.1, 0.15) is 0 Å². The Morgan fingerprint density at radius 2 is 1.82 bits per heavy atom. The molecule has 0 radical (unpaired) electrons. The van der Waals surface area contributed by atoms with Crippen molar-refractivity contribution in [3.05, 3.63) is 101 Å². The minimum Gasteiger partial charge on any atom is -0.504 e. The Kier molecular flexibility index (Phi) is 7.77. The van der Waals surface area contributed by atoms with Gasteiger partial charge in [-0.2, -0.15) is 0 Å². The number of H-pyrrole nitrogens is 1. The summed E-state index contributed by atoms with van der Waals surface area (Å²) in [5, 5.41) is 19.7. The second-order valence-corrected chi connectivity index (χ2v) is 7.57. The molecule has 0 aliphatic rings. The number of hydrogen-bond acceptors (Lipinski definition) is 4. The van der Waals surface area contributed by atoms with Gasteiger partial charge in [0.15, 0.2) is 11.5 Å². The highest BCUT2D eigenvalue weighted by Crippen LogP contribution is 2.26. The van der Waals surface area contributed by atoms with Crippen LogP contribution >= 0.6 is 24.0 Å². The predicted molar refractivity (Wildman–Crippen MR) is 133 cm³/mol. The molecule has 0 saturated carbocycles. The number of aromatic nitrogens is 2. The van der Waals surface area contributed by atoms with Crippen LogP contribution in [0.1, 0.15) is 11.1 Å². The van der Waals surface area contributed by atoms with Crippen LogP contribution in [0.15, 0.2) is 85.3 Å². The first-order valence-corrected chi connectivity index (χ1v) is 10.2. The number of nitrogens with one attached hydrogen (secondary N) is 1. The Bertz CT molecular complexity index is 1260. The SMILES string of the molecule is Cl.O=C(/C=C/c1ccc(O)c(O)c1)N(Cc1cccc(Cl)c1)c1ccc(-c2c[nH]cn2)cc1. The molecule has 1 aromatic heterocycles. The monoisotopic (exact) mass is 481 g/mol.